The molecular formula is C24H33. The lowest BCUT2D eigenvalue weighted by Gasteiger charge is -2.26. The molecule has 2 rings (SSSR count). The van der Waals surface area contributed by atoms with E-state index in [1.165, 1.54) is 27.8 Å². The van der Waals surface area contributed by atoms with Crippen LogP contribution in [-0.2, 0) is 16.2 Å². The monoisotopic (exact) mass is 321 g/mol. The quantitative estimate of drug-likeness (QED) is 0.528. The summed E-state index contributed by atoms with van der Waals surface area (Å²) in [6.45, 7) is 20.5. The number of rotatable bonds is 1. The summed E-state index contributed by atoms with van der Waals surface area (Å²) < 4.78 is 0. The average Bonchev–Trinajstić information content (AvgIpc) is 2.44. The Hall–Kier alpha value is -1.56. The highest BCUT2D eigenvalue weighted by Gasteiger charge is 2.21. The van der Waals surface area contributed by atoms with Gasteiger partial charge in [0.2, 0.25) is 0 Å². The van der Waals surface area contributed by atoms with Crippen molar-refractivity contribution < 1.29 is 0 Å². The summed E-state index contributed by atoms with van der Waals surface area (Å²) in [5.74, 6) is 0. The van der Waals surface area contributed by atoms with Crippen LogP contribution in [0.15, 0.2) is 36.4 Å². The molecule has 0 aliphatic carbocycles. The van der Waals surface area contributed by atoms with Crippen molar-refractivity contribution in [3.05, 3.63) is 59.2 Å². The van der Waals surface area contributed by atoms with Crippen molar-refractivity contribution in [3.8, 4) is 11.1 Å². The fourth-order valence-corrected chi connectivity index (χ4v) is 2.75. The molecule has 0 saturated heterocycles. The largest absolute Gasteiger partial charge is 0.0578 e. The van der Waals surface area contributed by atoms with Gasteiger partial charge in [-0.2, -0.15) is 0 Å². The van der Waals surface area contributed by atoms with Crippen LogP contribution in [0.4, 0.5) is 0 Å². The van der Waals surface area contributed by atoms with E-state index in [1.54, 1.807) is 0 Å². The minimum Gasteiger partial charge on any atom is -0.0578 e. The summed E-state index contributed by atoms with van der Waals surface area (Å²) >= 11 is 0. The van der Waals surface area contributed by atoms with E-state index in [-0.39, 0.29) is 16.2 Å². The van der Waals surface area contributed by atoms with Crippen molar-refractivity contribution >= 4 is 0 Å². The molecule has 2 aromatic rings. The van der Waals surface area contributed by atoms with Gasteiger partial charge in [-0.15, -0.1) is 0 Å². The molecule has 0 bridgehead atoms. The Bertz CT molecular complexity index is 681. The fourth-order valence-electron chi connectivity index (χ4n) is 2.75. The molecule has 129 valence electrons. The Morgan fingerprint density at radius 2 is 1.04 bits per heavy atom. The van der Waals surface area contributed by atoms with Crippen molar-refractivity contribution in [1.29, 1.82) is 0 Å². The molecule has 2 aromatic carbocycles. The van der Waals surface area contributed by atoms with E-state index < -0.39 is 0 Å². The van der Waals surface area contributed by atoms with E-state index in [0.29, 0.717) is 0 Å². The first-order chi connectivity index (χ1) is 10.8. The van der Waals surface area contributed by atoms with Crippen LogP contribution < -0.4 is 0 Å². The van der Waals surface area contributed by atoms with Crippen molar-refractivity contribution in [3.63, 3.8) is 0 Å². The molecule has 0 atom stereocenters. The first-order valence-corrected chi connectivity index (χ1v) is 8.97. The number of hydrogen-bond donors (Lipinski definition) is 0. The van der Waals surface area contributed by atoms with Crippen LogP contribution in [0.25, 0.3) is 11.1 Å². The van der Waals surface area contributed by atoms with E-state index >= 15 is 0 Å². The maximum Gasteiger partial charge on any atom is -0.00990 e. The van der Waals surface area contributed by atoms with Gasteiger partial charge >= 0.3 is 0 Å². The first-order valence-electron chi connectivity index (χ1n) is 8.97. The molecule has 1 radical (unpaired) electrons. The Labute approximate surface area is 149 Å². The highest BCUT2D eigenvalue weighted by Crippen LogP contribution is 2.35. The minimum absolute atomic E-state index is 0.137. The average molecular weight is 322 g/mol. The third kappa shape index (κ3) is 4.29. The zero-order valence-corrected chi connectivity index (χ0v) is 17.0. The third-order valence-corrected chi connectivity index (χ3v) is 4.64. The summed E-state index contributed by atoms with van der Waals surface area (Å²) in [6, 6.07) is 17.1. The molecule has 0 heterocycles. The zero-order chi connectivity index (χ0) is 18.3. The molecule has 0 amide bonds. The van der Waals surface area contributed by atoms with Gasteiger partial charge in [0, 0.05) is 0 Å². The van der Waals surface area contributed by atoms with Crippen LogP contribution >= 0.6 is 0 Å². The molecule has 0 fully saturated rings. The SMILES string of the molecule is CC(C)(C)c1cc[c]c(-c2cc(C(C)(C)C)cc(C(C)(C)C)c2)c1. The van der Waals surface area contributed by atoms with Gasteiger partial charge in [0.15, 0.2) is 0 Å². The molecule has 0 aliphatic rings. The highest BCUT2D eigenvalue weighted by atomic mass is 14.3. The molecule has 0 spiro atoms. The van der Waals surface area contributed by atoms with Gasteiger partial charge in [0.25, 0.3) is 0 Å². The topological polar surface area (TPSA) is 0 Å². The minimum atomic E-state index is 0.137. The van der Waals surface area contributed by atoms with Crippen LogP contribution in [0.3, 0.4) is 0 Å². The number of benzene rings is 2. The molecule has 0 nitrogen and oxygen atoms in total. The third-order valence-electron chi connectivity index (χ3n) is 4.64. The molecule has 0 heteroatoms. The predicted octanol–water partition coefficient (Wildman–Crippen LogP) is 7.05. The van der Waals surface area contributed by atoms with Crippen LogP contribution in [0.1, 0.15) is 79.0 Å². The summed E-state index contributed by atoms with van der Waals surface area (Å²) in [4.78, 5) is 0. The van der Waals surface area contributed by atoms with E-state index in [4.69, 9.17) is 0 Å². The Morgan fingerprint density at radius 1 is 0.583 bits per heavy atom. The molecule has 0 saturated carbocycles. The standard InChI is InChI=1S/C24H33/c1-22(2,3)19-12-10-11-17(13-19)18-14-20(23(4,5)6)16-21(15-18)24(7,8)9/h10,12-16H,1-9H3. The smallest absolute Gasteiger partial charge is 0.00990 e. The molecule has 0 aromatic heterocycles. The lowest BCUT2D eigenvalue weighted by atomic mass is 9.78. The van der Waals surface area contributed by atoms with E-state index in [0.717, 1.165) is 0 Å². The highest BCUT2D eigenvalue weighted by molar-refractivity contribution is 5.66. The second kappa shape index (κ2) is 6.06. The Morgan fingerprint density at radius 3 is 1.46 bits per heavy atom. The lowest BCUT2D eigenvalue weighted by Crippen LogP contribution is -2.16. The summed E-state index contributed by atoms with van der Waals surface area (Å²) in [5.41, 5.74) is 7.03. The summed E-state index contributed by atoms with van der Waals surface area (Å²) in [6.07, 6.45) is 0. The van der Waals surface area contributed by atoms with Gasteiger partial charge in [-0.25, -0.2) is 0 Å². The lowest BCUT2D eigenvalue weighted by molar-refractivity contribution is 0.569. The molecule has 0 unspecified atom stereocenters. The summed E-state index contributed by atoms with van der Waals surface area (Å²) in [7, 11) is 0. The normalized spacial score (nSPS) is 13.2. The van der Waals surface area contributed by atoms with Crippen molar-refractivity contribution in [2.24, 2.45) is 0 Å². The molecule has 24 heavy (non-hydrogen) atoms. The van der Waals surface area contributed by atoms with Gasteiger partial charge in [0.1, 0.15) is 0 Å². The van der Waals surface area contributed by atoms with Crippen molar-refractivity contribution in [2.45, 2.75) is 78.6 Å². The molecular weight excluding hydrogens is 288 g/mol. The van der Waals surface area contributed by atoms with Crippen LogP contribution in [0.5, 0.6) is 0 Å². The first kappa shape index (κ1) is 18.8. The second-order valence-corrected chi connectivity index (χ2v) is 10.0. The van der Waals surface area contributed by atoms with E-state index in [1.807, 2.05) is 0 Å². The van der Waals surface area contributed by atoms with Gasteiger partial charge < -0.3 is 0 Å². The summed E-state index contributed by atoms with van der Waals surface area (Å²) in [5, 5.41) is 0. The second-order valence-electron chi connectivity index (χ2n) is 10.0. The predicted molar refractivity (Wildman–Crippen MR) is 107 cm³/mol. The van der Waals surface area contributed by atoms with Gasteiger partial charge in [-0.3, -0.25) is 0 Å². The van der Waals surface area contributed by atoms with Gasteiger partial charge in [-0.1, -0.05) is 98.7 Å². The van der Waals surface area contributed by atoms with Gasteiger partial charge in [-0.05, 0) is 50.1 Å². The van der Waals surface area contributed by atoms with Crippen LogP contribution in [-0.4, -0.2) is 0 Å². The maximum absolute atomic E-state index is 3.45. The van der Waals surface area contributed by atoms with Crippen molar-refractivity contribution in [1.82, 2.24) is 0 Å². The maximum atomic E-state index is 3.45. The van der Waals surface area contributed by atoms with Crippen LogP contribution in [0, 0.1) is 6.07 Å². The fraction of sp³-hybridized carbons (Fsp3) is 0.500. The molecule has 0 aliphatic heterocycles. The Balaban J connectivity index is 2.66. The zero-order valence-electron chi connectivity index (χ0n) is 17.0. The van der Waals surface area contributed by atoms with Crippen LogP contribution in [0.2, 0.25) is 0 Å². The molecule has 0 N–H and O–H groups in total. The van der Waals surface area contributed by atoms with Gasteiger partial charge in [0.05, 0.1) is 0 Å². The number of hydrogen-bond acceptors (Lipinski definition) is 0. The van der Waals surface area contributed by atoms with E-state index in [9.17, 15) is 0 Å². The van der Waals surface area contributed by atoms with E-state index in [2.05, 4.69) is 105 Å². The Kier molecular flexibility index (Phi) is 4.74. The van der Waals surface area contributed by atoms with Crippen molar-refractivity contribution in [2.75, 3.05) is 0 Å².